The molecule has 5 heterocycles. The third kappa shape index (κ3) is 12.6. The lowest BCUT2D eigenvalue weighted by Gasteiger charge is -2.48. The summed E-state index contributed by atoms with van der Waals surface area (Å²) in [5, 5.41) is 121. The van der Waals surface area contributed by atoms with Crippen LogP contribution in [0.2, 0.25) is 0 Å². The summed E-state index contributed by atoms with van der Waals surface area (Å²) < 4.78 is 66.1. The summed E-state index contributed by atoms with van der Waals surface area (Å²) in [6.45, 7) is 11.7. The molecule has 25 heteroatoms. The van der Waals surface area contributed by atoms with Crippen molar-refractivity contribution >= 4 is 30.8 Å². The Kier molecular flexibility index (Phi) is 20.0. The molecule has 5 saturated heterocycles. The minimum atomic E-state index is -2.57. The standard InChI is InChI=1S/C51H74O24.CH4.B.H2/c1-18-29(71-34-14-30(43(57)21(4)67-34)72-33-13-28(53)42(56)20(3)66-33)12-26-10-25-11-27(47(65-9)41(55)19(2)52)48(46(60)39(25)45(59)38(26)40(18)54)75-35-15-31(44(58)22(5)68-35)73-36-16-32(51(63,64)24(7)70-36)74-37-17-50(8,62)49(61)23(6)69-37;;;/h10,12,20-24,27-28,30-37,41-44,47-49,53-59,61-64H,11,13-17H2,1-9H3;1H4;;1H/t20?,21?,22?,23?,24?,27-,28?,30?,31?,32?,33?,34?,35?,36?,37?,41-,42?,43?,44?,47-,48-,49?,50?;;;/m0.../s1/i;;;1+1. The fraction of sp³-hybridized carbons (Fsp3) is 0.769. The van der Waals surface area contributed by atoms with E-state index in [0.717, 1.165) is 6.92 Å². The summed E-state index contributed by atoms with van der Waals surface area (Å²) in [7, 11) is 1.25. The molecule has 0 bridgehead atoms. The molecule has 0 saturated carbocycles. The topological polar surface area (TPSA) is 358 Å². The van der Waals surface area contributed by atoms with Gasteiger partial charge in [-0.05, 0) is 84.9 Å². The van der Waals surface area contributed by atoms with Gasteiger partial charge in [0.2, 0.25) is 12.1 Å². The molecule has 2 aromatic rings. The Morgan fingerprint density at radius 3 is 1.86 bits per heavy atom. The van der Waals surface area contributed by atoms with Crippen molar-refractivity contribution in [1.82, 2.24) is 0 Å². The maximum Gasteiger partial charge on any atom is 0.217 e. The Morgan fingerprint density at radius 1 is 0.740 bits per heavy atom. The quantitative estimate of drug-likeness (QED) is 0.0890. The predicted octanol–water partition coefficient (Wildman–Crippen LogP) is 0.211. The molecule has 24 nitrogen and oxygen atoms in total. The van der Waals surface area contributed by atoms with Crippen molar-refractivity contribution in [2.24, 2.45) is 5.92 Å². The van der Waals surface area contributed by atoms with E-state index in [4.69, 9.17) is 52.1 Å². The van der Waals surface area contributed by atoms with Gasteiger partial charge in [0.05, 0.1) is 65.4 Å². The van der Waals surface area contributed by atoms with E-state index in [2.05, 4.69) is 0 Å². The number of ketones is 2. The van der Waals surface area contributed by atoms with Gasteiger partial charge in [0.1, 0.15) is 66.1 Å². The molecule has 3 radical (unpaired) electrons. The summed E-state index contributed by atoms with van der Waals surface area (Å²) in [5.41, 5.74) is -1.46. The number of fused-ring (bicyclic) bond motifs is 2. The molecule has 2 aromatic carbocycles. The second-order valence-electron chi connectivity index (χ2n) is 21.4. The number of aromatic hydroxyl groups is 2. The highest BCUT2D eigenvalue weighted by atomic mass is 16.8. The predicted molar refractivity (Wildman–Crippen MR) is 268 cm³/mol. The summed E-state index contributed by atoms with van der Waals surface area (Å²) >= 11 is 0. The molecule has 0 aromatic heterocycles. The van der Waals surface area contributed by atoms with Crippen molar-refractivity contribution in [1.29, 1.82) is 0 Å². The van der Waals surface area contributed by atoms with Crippen molar-refractivity contribution in [2.45, 2.75) is 242 Å². The van der Waals surface area contributed by atoms with Crippen LogP contribution in [-0.4, -0.2) is 224 Å². The zero-order valence-corrected chi connectivity index (χ0v) is 43.9. The van der Waals surface area contributed by atoms with Gasteiger partial charge in [0, 0.05) is 60.5 Å². The zero-order valence-electron chi connectivity index (χ0n) is 43.9. The van der Waals surface area contributed by atoms with E-state index in [9.17, 15) is 65.8 Å². The number of benzene rings is 2. The zero-order chi connectivity index (χ0) is 54.9. The Morgan fingerprint density at radius 2 is 1.29 bits per heavy atom. The van der Waals surface area contributed by atoms with E-state index < -0.39 is 169 Å². The molecule has 11 N–H and O–H groups in total. The molecule has 5 fully saturated rings. The first-order chi connectivity index (χ1) is 35.1. The Bertz CT molecular complexity index is 2370. The van der Waals surface area contributed by atoms with Crippen LogP contribution in [0.15, 0.2) is 12.1 Å². The molecule has 6 aliphatic rings. The second-order valence-corrected chi connectivity index (χ2v) is 21.4. The SMILES string of the molecule is C.CO[C@@H]([C@@H]1Cc2cc3cc(OC4CC(OC5CC(O)C(O)C(C)O5)C(O)C(C)O4)c(C)c(O)c3c(O)c2C(=O)[C@H]1OC1CC(OC2CC(OC3CC(C)(O)C(O)C(C)O3)C(O)(O)C(C)O2)C(O)C(C)O1)[C@@H](O)C(C)=O.[2HH].[B]. The van der Waals surface area contributed by atoms with Crippen LogP contribution in [0.4, 0.5) is 0 Å². The lowest BCUT2D eigenvalue weighted by Crippen LogP contribution is -2.63. The van der Waals surface area contributed by atoms with Crippen LogP contribution in [-0.2, 0) is 58.6 Å². The maximum absolute atomic E-state index is 15.0. The minimum Gasteiger partial charge on any atom is -0.507 e. The van der Waals surface area contributed by atoms with Crippen LogP contribution in [0.25, 0.3) is 10.8 Å². The first-order valence-electron chi connectivity index (χ1n) is 25.5. The van der Waals surface area contributed by atoms with E-state index in [0.29, 0.717) is 0 Å². The number of hydrogen-bond donors (Lipinski definition) is 11. The highest BCUT2D eigenvalue weighted by Crippen LogP contribution is 2.48. The van der Waals surface area contributed by atoms with Gasteiger partial charge in [0.25, 0.3) is 0 Å². The molecule has 5 aliphatic heterocycles. The molecule has 77 heavy (non-hydrogen) atoms. The fourth-order valence-electron chi connectivity index (χ4n) is 11.2. The lowest BCUT2D eigenvalue weighted by atomic mass is 9.75. The van der Waals surface area contributed by atoms with E-state index in [1.807, 2.05) is 0 Å². The highest BCUT2D eigenvalue weighted by molar-refractivity contribution is 6.11. The third-order valence-corrected chi connectivity index (χ3v) is 15.8. The molecule has 435 valence electrons. The van der Waals surface area contributed by atoms with Crippen LogP contribution in [0.5, 0.6) is 17.2 Å². The molecular weight excluding hydrogens is 1020 g/mol. The van der Waals surface area contributed by atoms with Gasteiger partial charge in [-0.1, -0.05) is 7.43 Å². The normalized spacial score (nSPS) is 41.1. The highest BCUT2D eigenvalue weighted by Gasteiger charge is 2.54. The molecule has 0 amide bonds. The summed E-state index contributed by atoms with van der Waals surface area (Å²) in [5.74, 6) is -6.12. The smallest absolute Gasteiger partial charge is 0.217 e. The number of carbonyl (C=O) groups excluding carboxylic acids is 2. The molecule has 19 unspecified atom stereocenters. The minimum absolute atomic E-state index is 0. The Balaban J connectivity index is 0.00000374. The first-order valence-corrected chi connectivity index (χ1v) is 25.5. The van der Waals surface area contributed by atoms with E-state index in [1.165, 1.54) is 47.8 Å². The summed E-state index contributed by atoms with van der Waals surface area (Å²) in [6.07, 6.45) is -25.5. The number of phenolic OH excluding ortho intramolecular Hbond substituents is 2. The van der Waals surface area contributed by atoms with Crippen molar-refractivity contribution in [3.05, 3.63) is 28.8 Å². The van der Waals surface area contributed by atoms with Gasteiger partial charge in [-0.25, -0.2) is 0 Å². The number of aliphatic hydroxyl groups is 9. The van der Waals surface area contributed by atoms with E-state index in [-0.39, 0.29) is 89.0 Å². The van der Waals surface area contributed by atoms with Crippen LogP contribution >= 0.6 is 0 Å². The first kappa shape index (κ1) is 62.9. The van der Waals surface area contributed by atoms with Gasteiger partial charge in [-0.15, -0.1) is 0 Å². The van der Waals surface area contributed by atoms with Gasteiger partial charge in [-0.3, -0.25) is 9.59 Å². The van der Waals surface area contributed by atoms with Crippen molar-refractivity contribution in [2.75, 3.05) is 7.11 Å². The average Bonchev–Trinajstić information content (AvgIpc) is 3.43. The van der Waals surface area contributed by atoms with E-state index >= 15 is 0 Å². The number of methoxy groups -OCH3 is 1. The molecule has 23 atom stereocenters. The largest absolute Gasteiger partial charge is 0.507 e. The summed E-state index contributed by atoms with van der Waals surface area (Å²) in [4.78, 5) is 27.7. The average molecular weight is 1100 g/mol. The number of carbonyl (C=O) groups is 2. The van der Waals surface area contributed by atoms with Crippen LogP contribution < -0.4 is 4.74 Å². The van der Waals surface area contributed by atoms with Crippen molar-refractivity contribution < 1.29 is 119 Å². The number of aliphatic hydroxyl groups excluding tert-OH is 6. The van der Waals surface area contributed by atoms with Crippen LogP contribution in [0.1, 0.15) is 111 Å². The lowest BCUT2D eigenvalue weighted by molar-refractivity contribution is -0.392. The van der Waals surface area contributed by atoms with E-state index in [1.54, 1.807) is 19.9 Å². The summed E-state index contributed by atoms with van der Waals surface area (Å²) in [6, 6.07) is 3.08. The van der Waals surface area contributed by atoms with Crippen LogP contribution in [0, 0.1) is 12.8 Å². The molecular formula is C52H80BO24. The number of ether oxygens (including phenoxy) is 11. The van der Waals surface area contributed by atoms with Crippen molar-refractivity contribution in [3.63, 3.8) is 0 Å². The number of Topliss-reactive ketones (excluding diaryl/α,β-unsaturated/α-hetero) is 2. The van der Waals surface area contributed by atoms with Gasteiger partial charge < -0.3 is 108 Å². The number of hydrogen-bond acceptors (Lipinski definition) is 24. The van der Waals surface area contributed by atoms with Gasteiger partial charge >= 0.3 is 0 Å². The monoisotopic (exact) mass is 1100 g/mol. The molecule has 8 rings (SSSR count). The van der Waals surface area contributed by atoms with Crippen LogP contribution in [0.3, 0.4) is 0 Å². The maximum atomic E-state index is 15.0. The fourth-order valence-corrected chi connectivity index (χ4v) is 11.2. The number of phenols is 2. The number of rotatable bonds is 14. The molecule has 1 aliphatic carbocycles. The second kappa shape index (κ2) is 24.5. The Hall–Kier alpha value is -3.26. The Labute approximate surface area is 450 Å². The van der Waals surface area contributed by atoms with Gasteiger partial charge in [0.15, 0.2) is 36.7 Å². The third-order valence-electron chi connectivity index (χ3n) is 15.8. The van der Waals surface area contributed by atoms with Crippen molar-refractivity contribution in [3.8, 4) is 17.2 Å². The van der Waals surface area contributed by atoms with Gasteiger partial charge in [-0.2, -0.15) is 0 Å². The molecule has 0 spiro atoms.